The van der Waals surface area contributed by atoms with E-state index in [-0.39, 0.29) is 5.41 Å². The van der Waals surface area contributed by atoms with E-state index in [1.165, 1.54) is 61.3 Å². The summed E-state index contributed by atoms with van der Waals surface area (Å²) in [4.78, 5) is 0. The summed E-state index contributed by atoms with van der Waals surface area (Å²) in [5.74, 6) is 0. The zero-order chi connectivity index (χ0) is 32.1. The number of benzene rings is 2. The lowest BCUT2D eigenvalue weighted by molar-refractivity contribution is 0.660. The zero-order valence-electron chi connectivity index (χ0n) is 28.5. The molecule has 0 heteroatoms. The van der Waals surface area contributed by atoms with Crippen LogP contribution >= 0.6 is 0 Å². The molecule has 0 fully saturated rings. The molecule has 0 unspecified atom stereocenters. The van der Waals surface area contributed by atoms with Crippen LogP contribution in [0.3, 0.4) is 0 Å². The lowest BCUT2D eigenvalue weighted by atomic mass is 9.82. The largest absolute Gasteiger partial charge is 0.0842 e. The number of hydrogen-bond acceptors (Lipinski definition) is 0. The van der Waals surface area contributed by atoms with Crippen LogP contribution < -0.4 is 0 Å². The van der Waals surface area contributed by atoms with Gasteiger partial charge in [0.2, 0.25) is 0 Å². The third-order valence-electron chi connectivity index (χ3n) is 8.10. The quantitative estimate of drug-likeness (QED) is 0.316. The number of fused-ring (bicyclic) bond motifs is 4. The Hall–Kier alpha value is -4.16. The second-order valence-corrected chi connectivity index (χ2v) is 10.9. The Morgan fingerprint density at radius 2 is 1.48 bits per heavy atom. The monoisotopic (exact) mass is 580 g/mol. The Bertz CT molecular complexity index is 1610. The Morgan fingerprint density at radius 3 is 2.23 bits per heavy atom. The summed E-state index contributed by atoms with van der Waals surface area (Å²) < 4.78 is 0. The molecular formula is C44H52. The van der Waals surface area contributed by atoms with E-state index in [1.807, 2.05) is 41.5 Å². The third-order valence-corrected chi connectivity index (χ3v) is 8.10. The van der Waals surface area contributed by atoms with Crippen molar-refractivity contribution in [3.63, 3.8) is 0 Å². The highest BCUT2D eigenvalue weighted by Crippen LogP contribution is 2.52. The van der Waals surface area contributed by atoms with Crippen LogP contribution in [0, 0.1) is 0 Å². The first-order valence-electron chi connectivity index (χ1n) is 16.7. The molecule has 0 aromatic heterocycles. The second kappa shape index (κ2) is 16.6. The molecule has 2 aromatic carbocycles. The highest BCUT2D eigenvalue weighted by Gasteiger charge is 2.36. The van der Waals surface area contributed by atoms with Gasteiger partial charge < -0.3 is 0 Å². The van der Waals surface area contributed by atoms with Crippen LogP contribution in [0.5, 0.6) is 0 Å². The molecule has 0 nitrogen and oxygen atoms in total. The summed E-state index contributed by atoms with van der Waals surface area (Å²) >= 11 is 0. The average Bonchev–Trinajstić information content (AvgIpc) is 3.73. The summed E-state index contributed by atoms with van der Waals surface area (Å²) in [5, 5.41) is 0. The zero-order valence-corrected chi connectivity index (χ0v) is 28.5. The lowest BCUT2D eigenvalue weighted by Gasteiger charge is -2.21. The molecule has 4 aliphatic carbocycles. The van der Waals surface area contributed by atoms with Gasteiger partial charge in [-0.1, -0.05) is 177 Å². The van der Waals surface area contributed by atoms with Crippen LogP contribution in [-0.2, 0) is 5.41 Å². The van der Waals surface area contributed by atoms with Crippen molar-refractivity contribution < 1.29 is 0 Å². The smallest absolute Gasteiger partial charge is 0.0159 e. The Kier molecular flexibility index (Phi) is 13.0. The van der Waals surface area contributed by atoms with Gasteiger partial charge in [-0.25, -0.2) is 0 Å². The second-order valence-electron chi connectivity index (χ2n) is 10.9. The highest BCUT2D eigenvalue weighted by atomic mass is 14.4. The van der Waals surface area contributed by atoms with E-state index >= 15 is 0 Å². The summed E-state index contributed by atoms with van der Waals surface area (Å²) in [6.45, 7) is 18.9. The molecule has 4 aliphatic rings. The van der Waals surface area contributed by atoms with Gasteiger partial charge in [-0.15, -0.1) is 0 Å². The van der Waals surface area contributed by atoms with E-state index in [0.29, 0.717) is 0 Å². The average molecular weight is 581 g/mol. The van der Waals surface area contributed by atoms with Crippen molar-refractivity contribution in [1.82, 2.24) is 0 Å². The van der Waals surface area contributed by atoms with E-state index in [1.54, 1.807) is 0 Å². The molecule has 0 atom stereocenters. The van der Waals surface area contributed by atoms with E-state index in [9.17, 15) is 0 Å². The fourth-order valence-electron chi connectivity index (χ4n) is 5.85. The van der Waals surface area contributed by atoms with Gasteiger partial charge in [-0.3, -0.25) is 0 Å². The standard InChI is InChI=1S/C38H34.3C2H6/c1-27(14-12-17-28-15-6-4-7-16-28)29-18-8-5-9-21-33-34(22-13-19-29)37(33)30-24-25-32-31-20-10-11-23-35(31)38(2,3)36(32)26-30;3*1-2/h4-6,8-15,17-26H,7,16H2,1-3H3;3*1-2H3/b8-5?,9-5-,17-12-,18-8+,19-13?,21-9?,22-13-,27-14+,29-18?,29-19+,33-21+,34-22?;;;. The molecule has 0 bridgehead atoms. The molecule has 2 aromatic rings. The number of rotatable bonds is 4. The van der Waals surface area contributed by atoms with Gasteiger partial charge in [0.25, 0.3) is 0 Å². The van der Waals surface area contributed by atoms with Gasteiger partial charge in [0.05, 0.1) is 0 Å². The van der Waals surface area contributed by atoms with Crippen molar-refractivity contribution in [2.45, 2.75) is 80.6 Å². The maximum absolute atomic E-state index is 2.42. The fourth-order valence-corrected chi connectivity index (χ4v) is 5.85. The van der Waals surface area contributed by atoms with E-state index in [2.05, 4.69) is 148 Å². The minimum absolute atomic E-state index is 0.0168. The Balaban J connectivity index is 0.000000832. The van der Waals surface area contributed by atoms with Crippen LogP contribution in [0.1, 0.15) is 91.8 Å². The maximum atomic E-state index is 2.42. The Labute approximate surface area is 268 Å². The molecule has 44 heavy (non-hydrogen) atoms. The van der Waals surface area contributed by atoms with Crippen molar-refractivity contribution in [3.05, 3.63) is 172 Å². The first-order chi connectivity index (χ1) is 21.5. The number of allylic oxidation sites excluding steroid dienone is 20. The summed E-state index contributed by atoms with van der Waals surface area (Å²) in [6.07, 6.45) is 33.0. The van der Waals surface area contributed by atoms with Crippen LogP contribution in [0.15, 0.2) is 155 Å². The molecular weight excluding hydrogens is 528 g/mol. The molecule has 0 heterocycles. The normalized spacial score (nSPS) is 21.8. The predicted molar refractivity (Wildman–Crippen MR) is 198 cm³/mol. The summed E-state index contributed by atoms with van der Waals surface area (Å²) in [7, 11) is 0. The van der Waals surface area contributed by atoms with Crippen LogP contribution in [-0.4, -0.2) is 0 Å². The van der Waals surface area contributed by atoms with Gasteiger partial charge in [-0.05, 0) is 87.1 Å². The molecule has 0 saturated heterocycles. The van der Waals surface area contributed by atoms with E-state index in [4.69, 9.17) is 0 Å². The first-order valence-corrected chi connectivity index (χ1v) is 16.7. The van der Waals surface area contributed by atoms with Crippen LogP contribution in [0.4, 0.5) is 0 Å². The first kappa shape index (κ1) is 34.3. The van der Waals surface area contributed by atoms with Gasteiger partial charge in [-0.2, -0.15) is 0 Å². The predicted octanol–water partition coefficient (Wildman–Crippen LogP) is 13.2. The molecule has 0 saturated carbocycles. The molecule has 6 rings (SSSR count). The van der Waals surface area contributed by atoms with Gasteiger partial charge in [0.15, 0.2) is 0 Å². The molecule has 0 amide bonds. The minimum Gasteiger partial charge on any atom is -0.0842 e. The lowest BCUT2D eigenvalue weighted by Crippen LogP contribution is -2.14. The summed E-state index contributed by atoms with van der Waals surface area (Å²) in [6, 6.07) is 15.9. The highest BCUT2D eigenvalue weighted by molar-refractivity contribution is 6.05. The van der Waals surface area contributed by atoms with Crippen molar-refractivity contribution in [2.24, 2.45) is 0 Å². The van der Waals surface area contributed by atoms with Crippen molar-refractivity contribution in [1.29, 1.82) is 0 Å². The maximum Gasteiger partial charge on any atom is 0.0159 e. The Morgan fingerprint density at radius 1 is 0.727 bits per heavy atom. The fraction of sp³-hybridized carbons (Fsp3) is 0.273. The minimum atomic E-state index is 0.0168. The van der Waals surface area contributed by atoms with E-state index < -0.39 is 0 Å². The summed E-state index contributed by atoms with van der Waals surface area (Å²) in [5.41, 5.74) is 14.8. The van der Waals surface area contributed by atoms with E-state index in [0.717, 1.165) is 12.8 Å². The van der Waals surface area contributed by atoms with Crippen LogP contribution in [0.25, 0.3) is 16.7 Å². The van der Waals surface area contributed by atoms with Gasteiger partial charge in [0, 0.05) is 5.41 Å². The topological polar surface area (TPSA) is 0 Å². The van der Waals surface area contributed by atoms with Gasteiger partial charge >= 0.3 is 0 Å². The molecule has 0 radical (unpaired) electrons. The molecule has 0 spiro atoms. The molecule has 0 aliphatic heterocycles. The number of hydrogen-bond donors (Lipinski definition) is 0. The molecule has 228 valence electrons. The van der Waals surface area contributed by atoms with Gasteiger partial charge in [0.1, 0.15) is 0 Å². The third kappa shape index (κ3) is 7.67. The van der Waals surface area contributed by atoms with Crippen LogP contribution in [0.2, 0.25) is 0 Å². The van der Waals surface area contributed by atoms with Crippen molar-refractivity contribution in [2.75, 3.05) is 0 Å². The SMILES string of the molecule is CC.CC.CC.CC(=C\C=C/C1=CC=CCC1)/C1=C/C=C\C2=C(c3ccc4c(c3)C(C)(C)c3ccccc3-4)C/2=C/C=C\C=C\1. The van der Waals surface area contributed by atoms with Crippen molar-refractivity contribution in [3.8, 4) is 11.1 Å². The molecule has 0 N–H and O–H groups in total. The van der Waals surface area contributed by atoms with Crippen molar-refractivity contribution >= 4 is 5.57 Å².